The van der Waals surface area contributed by atoms with Crippen molar-refractivity contribution in [3.8, 4) is 0 Å². The molecule has 0 heterocycles. The lowest BCUT2D eigenvalue weighted by Crippen LogP contribution is -2.23. The molecule has 0 unspecified atom stereocenters. The number of carbonyl (C=O) groups is 1. The number of hydrogen-bond acceptors (Lipinski definition) is 1. The fourth-order valence-electron chi connectivity index (χ4n) is 3.34. The summed E-state index contributed by atoms with van der Waals surface area (Å²) in [6.45, 7) is 2.27. The van der Waals surface area contributed by atoms with Crippen LogP contribution >= 0.6 is 0 Å². The van der Waals surface area contributed by atoms with Crippen LogP contribution in [0.3, 0.4) is 0 Å². The van der Waals surface area contributed by atoms with Crippen LogP contribution in [0.5, 0.6) is 0 Å². The van der Waals surface area contributed by atoms with Gasteiger partial charge in [0.1, 0.15) is 0 Å². The third-order valence-electron chi connectivity index (χ3n) is 5.18. The summed E-state index contributed by atoms with van der Waals surface area (Å²) in [7, 11) is 1.57. The molecule has 3 nitrogen and oxygen atoms in total. The molecule has 1 rings (SSSR count). The van der Waals surface area contributed by atoms with E-state index in [9.17, 15) is 4.79 Å². The zero-order chi connectivity index (χ0) is 19.0. The Labute approximate surface area is 160 Å². The second-order valence-corrected chi connectivity index (χ2v) is 7.50. The normalized spacial score (nSPS) is 10.8. The van der Waals surface area contributed by atoms with Crippen molar-refractivity contribution in [1.29, 1.82) is 0 Å². The van der Waals surface area contributed by atoms with E-state index in [-0.39, 0.29) is 0 Å². The van der Waals surface area contributed by atoms with Gasteiger partial charge in [-0.3, -0.25) is 4.90 Å². The molecule has 0 saturated carbocycles. The summed E-state index contributed by atoms with van der Waals surface area (Å²) >= 11 is 0. The molecule has 1 aromatic carbocycles. The maximum absolute atomic E-state index is 10.9. The van der Waals surface area contributed by atoms with E-state index >= 15 is 0 Å². The number of rotatable bonds is 15. The maximum Gasteiger partial charge on any atom is 0.411 e. The molecule has 0 bridgehead atoms. The van der Waals surface area contributed by atoms with E-state index in [1.54, 1.807) is 7.05 Å². The summed E-state index contributed by atoms with van der Waals surface area (Å²) in [6.07, 6.45) is 18.1. The molecular formula is C23H39NO2. The fourth-order valence-corrected chi connectivity index (χ4v) is 3.34. The molecular weight excluding hydrogens is 322 g/mol. The van der Waals surface area contributed by atoms with Crippen molar-refractivity contribution < 1.29 is 9.90 Å². The lowest BCUT2D eigenvalue weighted by molar-refractivity contribution is 0.203. The minimum absolute atomic E-state index is 0.728. The Morgan fingerprint density at radius 2 is 1.19 bits per heavy atom. The summed E-state index contributed by atoms with van der Waals surface area (Å²) in [5.41, 5.74) is 2.03. The lowest BCUT2D eigenvalue weighted by atomic mass is 10.0. The van der Waals surface area contributed by atoms with Crippen molar-refractivity contribution in [1.82, 2.24) is 0 Å². The quantitative estimate of drug-likeness (QED) is 0.330. The van der Waals surface area contributed by atoms with Crippen LogP contribution in [-0.4, -0.2) is 18.2 Å². The molecule has 0 fully saturated rings. The summed E-state index contributed by atoms with van der Waals surface area (Å²) < 4.78 is 0. The Balaban J connectivity index is 1.95. The van der Waals surface area contributed by atoms with E-state index in [1.807, 2.05) is 12.1 Å². The number of benzene rings is 1. The van der Waals surface area contributed by atoms with Gasteiger partial charge in [0, 0.05) is 12.7 Å². The summed E-state index contributed by atoms with van der Waals surface area (Å²) in [4.78, 5) is 12.2. The number of unbranched alkanes of at least 4 members (excludes halogenated alkanes) is 12. The van der Waals surface area contributed by atoms with Gasteiger partial charge in [0.2, 0.25) is 0 Å². The highest BCUT2D eigenvalue weighted by Crippen LogP contribution is 2.17. The van der Waals surface area contributed by atoms with Gasteiger partial charge in [-0.15, -0.1) is 0 Å². The summed E-state index contributed by atoms with van der Waals surface area (Å²) in [6, 6.07) is 7.89. The first-order valence-corrected chi connectivity index (χ1v) is 10.7. The molecule has 0 radical (unpaired) electrons. The molecule has 0 aliphatic rings. The van der Waals surface area contributed by atoms with Crippen LogP contribution in [-0.2, 0) is 6.42 Å². The average molecular weight is 362 g/mol. The second kappa shape index (κ2) is 14.6. The van der Waals surface area contributed by atoms with Crippen LogP contribution in [0.2, 0.25) is 0 Å². The second-order valence-electron chi connectivity index (χ2n) is 7.50. The number of amides is 1. The number of anilines is 1. The summed E-state index contributed by atoms with van der Waals surface area (Å²) in [5, 5.41) is 8.97. The maximum atomic E-state index is 10.9. The van der Waals surface area contributed by atoms with Crippen LogP contribution in [0.4, 0.5) is 10.5 Å². The minimum atomic E-state index is -0.922. The molecule has 148 valence electrons. The van der Waals surface area contributed by atoms with E-state index in [0.717, 1.165) is 12.1 Å². The van der Waals surface area contributed by atoms with Crippen LogP contribution in [0.15, 0.2) is 24.3 Å². The molecule has 0 aliphatic heterocycles. The molecule has 0 aromatic heterocycles. The molecule has 0 saturated heterocycles. The van der Waals surface area contributed by atoms with Crippen LogP contribution < -0.4 is 4.90 Å². The molecule has 0 spiro atoms. The highest BCUT2D eigenvalue weighted by Gasteiger charge is 2.07. The van der Waals surface area contributed by atoms with E-state index < -0.39 is 6.09 Å². The van der Waals surface area contributed by atoms with Gasteiger partial charge in [-0.25, -0.2) is 4.79 Å². The SMILES string of the molecule is CCCCCCCCCCCCCCCc1ccc(N(C)C(=O)O)cc1. The van der Waals surface area contributed by atoms with Crippen molar-refractivity contribution in [3.05, 3.63) is 29.8 Å². The van der Waals surface area contributed by atoms with E-state index in [2.05, 4.69) is 19.1 Å². The zero-order valence-corrected chi connectivity index (χ0v) is 17.0. The molecule has 0 aliphatic carbocycles. The predicted molar refractivity (Wildman–Crippen MR) is 112 cm³/mol. The Morgan fingerprint density at radius 1 is 0.769 bits per heavy atom. The Hall–Kier alpha value is -1.51. The van der Waals surface area contributed by atoms with Gasteiger partial charge < -0.3 is 5.11 Å². The van der Waals surface area contributed by atoms with Gasteiger partial charge in [-0.1, -0.05) is 96.1 Å². The molecule has 0 atom stereocenters. The zero-order valence-electron chi connectivity index (χ0n) is 17.0. The first-order valence-electron chi connectivity index (χ1n) is 10.7. The Kier molecular flexibility index (Phi) is 12.7. The molecule has 1 N–H and O–H groups in total. The van der Waals surface area contributed by atoms with Crippen LogP contribution in [0.25, 0.3) is 0 Å². The van der Waals surface area contributed by atoms with Gasteiger partial charge in [-0.2, -0.15) is 0 Å². The third-order valence-corrected chi connectivity index (χ3v) is 5.18. The van der Waals surface area contributed by atoms with Gasteiger partial charge in [0.15, 0.2) is 0 Å². The molecule has 26 heavy (non-hydrogen) atoms. The minimum Gasteiger partial charge on any atom is -0.465 e. The third kappa shape index (κ3) is 10.5. The molecule has 1 aromatic rings. The highest BCUT2D eigenvalue weighted by atomic mass is 16.4. The van der Waals surface area contributed by atoms with Crippen molar-refractivity contribution in [2.75, 3.05) is 11.9 Å². The lowest BCUT2D eigenvalue weighted by Gasteiger charge is -2.13. The average Bonchev–Trinajstić information content (AvgIpc) is 2.65. The van der Waals surface area contributed by atoms with Crippen molar-refractivity contribution >= 4 is 11.8 Å². The first-order chi connectivity index (χ1) is 12.6. The number of hydrogen-bond donors (Lipinski definition) is 1. The Morgan fingerprint density at radius 3 is 1.62 bits per heavy atom. The molecule has 3 heteroatoms. The van der Waals surface area contributed by atoms with Gasteiger partial charge in [-0.05, 0) is 30.5 Å². The summed E-state index contributed by atoms with van der Waals surface area (Å²) in [5.74, 6) is 0. The van der Waals surface area contributed by atoms with E-state index in [0.29, 0.717) is 0 Å². The van der Waals surface area contributed by atoms with E-state index in [4.69, 9.17) is 5.11 Å². The van der Waals surface area contributed by atoms with Crippen LogP contribution in [0.1, 0.15) is 96.0 Å². The largest absolute Gasteiger partial charge is 0.465 e. The smallest absolute Gasteiger partial charge is 0.411 e. The van der Waals surface area contributed by atoms with Crippen LogP contribution in [0, 0.1) is 0 Å². The van der Waals surface area contributed by atoms with Crippen molar-refractivity contribution in [2.24, 2.45) is 0 Å². The molecule has 1 amide bonds. The van der Waals surface area contributed by atoms with Crippen molar-refractivity contribution in [2.45, 2.75) is 96.8 Å². The standard InChI is InChI=1S/C23H39NO2/c1-3-4-5-6-7-8-9-10-11-12-13-14-15-16-21-17-19-22(20-18-21)24(2)23(25)26/h17-20H,3-16H2,1-2H3,(H,25,26). The fraction of sp³-hybridized carbons (Fsp3) is 0.696. The van der Waals surface area contributed by atoms with Crippen molar-refractivity contribution in [3.63, 3.8) is 0 Å². The van der Waals surface area contributed by atoms with Gasteiger partial charge in [0.25, 0.3) is 0 Å². The first kappa shape index (κ1) is 22.5. The number of nitrogens with zero attached hydrogens (tertiary/aromatic N) is 1. The van der Waals surface area contributed by atoms with Gasteiger partial charge in [0.05, 0.1) is 0 Å². The number of carboxylic acid groups (broad SMARTS) is 1. The predicted octanol–water partition coefficient (Wildman–Crippen LogP) is 7.43. The monoisotopic (exact) mass is 361 g/mol. The number of aryl methyl sites for hydroxylation is 1. The van der Waals surface area contributed by atoms with E-state index in [1.165, 1.54) is 93.9 Å². The highest BCUT2D eigenvalue weighted by molar-refractivity contribution is 5.85. The Bertz CT molecular complexity index is 470. The van der Waals surface area contributed by atoms with Gasteiger partial charge >= 0.3 is 6.09 Å². The topological polar surface area (TPSA) is 40.5 Å².